The summed E-state index contributed by atoms with van der Waals surface area (Å²) >= 11 is 0. The standard InChI is InChI=1S/C26H32FN/c1-2-3-4-5-6-7-8-9-14-26-25-13-11-10-12-23(25)19-20-28(26)21-22-15-17-24(27)18-16-22/h10-13,15-18,26H,2-8,19-21H2,1H3/t26-/m1/s1. The summed E-state index contributed by atoms with van der Waals surface area (Å²) in [6.07, 6.45) is 9.85. The van der Waals surface area contributed by atoms with E-state index in [-0.39, 0.29) is 11.9 Å². The highest BCUT2D eigenvalue weighted by Gasteiger charge is 2.25. The van der Waals surface area contributed by atoms with Crippen molar-refractivity contribution in [1.29, 1.82) is 0 Å². The van der Waals surface area contributed by atoms with Gasteiger partial charge in [0.05, 0.1) is 6.04 Å². The van der Waals surface area contributed by atoms with Gasteiger partial charge in [-0.15, -0.1) is 5.92 Å². The van der Waals surface area contributed by atoms with Crippen LogP contribution in [0.2, 0.25) is 0 Å². The molecule has 0 saturated carbocycles. The molecule has 28 heavy (non-hydrogen) atoms. The molecule has 2 aromatic carbocycles. The van der Waals surface area contributed by atoms with Crippen LogP contribution >= 0.6 is 0 Å². The van der Waals surface area contributed by atoms with Crippen molar-refractivity contribution in [2.75, 3.05) is 6.54 Å². The summed E-state index contributed by atoms with van der Waals surface area (Å²) in [4.78, 5) is 2.43. The van der Waals surface area contributed by atoms with E-state index in [2.05, 4.69) is 47.9 Å². The van der Waals surface area contributed by atoms with Crippen molar-refractivity contribution >= 4 is 0 Å². The molecular formula is C26H32FN. The van der Waals surface area contributed by atoms with E-state index >= 15 is 0 Å². The first-order valence-electron chi connectivity index (χ1n) is 10.8. The van der Waals surface area contributed by atoms with Crippen LogP contribution in [0.25, 0.3) is 0 Å². The van der Waals surface area contributed by atoms with Crippen LogP contribution in [0, 0.1) is 17.7 Å². The van der Waals surface area contributed by atoms with Crippen LogP contribution in [0.1, 0.15) is 74.6 Å². The van der Waals surface area contributed by atoms with Gasteiger partial charge in [0.1, 0.15) is 5.82 Å². The van der Waals surface area contributed by atoms with E-state index in [0.717, 1.165) is 31.5 Å². The zero-order valence-electron chi connectivity index (χ0n) is 17.1. The minimum absolute atomic E-state index is 0.134. The highest BCUT2D eigenvalue weighted by Crippen LogP contribution is 2.30. The van der Waals surface area contributed by atoms with Gasteiger partial charge in [-0.2, -0.15) is 0 Å². The molecule has 2 aromatic rings. The normalized spacial score (nSPS) is 16.3. The molecule has 148 valence electrons. The topological polar surface area (TPSA) is 3.24 Å². The van der Waals surface area contributed by atoms with E-state index < -0.39 is 0 Å². The first-order valence-corrected chi connectivity index (χ1v) is 10.8. The van der Waals surface area contributed by atoms with Gasteiger partial charge >= 0.3 is 0 Å². The number of nitrogens with zero attached hydrogens (tertiary/aromatic N) is 1. The molecule has 1 nitrogen and oxygen atoms in total. The molecule has 2 heteroatoms. The Morgan fingerprint density at radius 2 is 1.71 bits per heavy atom. The van der Waals surface area contributed by atoms with E-state index in [1.54, 1.807) is 12.1 Å². The first-order chi connectivity index (χ1) is 13.8. The number of benzene rings is 2. The third-order valence-electron chi connectivity index (χ3n) is 5.58. The molecule has 1 atom stereocenters. The molecule has 0 amide bonds. The average molecular weight is 378 g/mol. The molecule has 0 aliphatic carbocycles. The Hall–Kier alpha value is -2.11. The van der Waals surface area contributed by atoms with Gasteiger partial charge in [-0.1, -0.05) is 81.3 Å². The van der Waals surface area contributed by atoms with Crippen LogP contribution in [-0.2, 0) is 13.0 Å². The lowest BCUT2D eigenvalue weighted by molar-refractivity contribution is 0.216. The predicted molar refractivity (Wildman–Crippen MR) is 115 cm³/mol. The Bertz CT molecular complexity index is 784. The van der Waals surface area contributed by atoms with E-state index in [1.807, 2.05) is 12.1 Å². The number of rotatable bonds is 8. The first kappa shape index (κ1) is 20.6. The van der Waals surface area contributed by atoms with Crippen LogP contribution in [-0.4, -0.2) is 11.4 Å². The lowest BCUT2D eigenvalue weighted by atomic mass is 9.92. The van der Waals surface area contributed by atoms with Crippen LogP contribution in [0.3, 0.4) is 0 Å². The number of hydrogen-bond acceptors (Lipinski definition) is 1. The van der Waals surface area contributed by atoms with E-state index in [9.17, 15) is 4.39 Å². The summed E-state index contributed by atoms with van der Waals surface area (Å²) < 4.78 is 13.2. The number of unbranched alkanes of at least 4 members (excludes halogenated alkanes) is 6. The molecule has 3 rings (SSSR count). The third-order valence-corrected chi connectivity index (χ3v) is 5.58. The van der Waals surface area contributed by atoms with Gasteiger partial charge in [0.2, 0.25) is 0 Å². The van der Waals surface area contributed by atoms with Gasteiger partial charge in [0, 0.05) is 19.5 Å². The maximum atomic E-state index is 13.2. The molecule has 1 aliphatic rings. The van der Waals surface area contributed by atoms with Gasteiger partial charge in [0.25, 0.3) is 0 Å². The van der Waals surface area contributed by atoms with Gasteiger partial charge in [-0.25, -0.2) is 4.39 Å². The van der Waals surface area contributed by atoms with Crippen LogP contribution in [0.4, 0.5) is 4.39 Å². The van der Waals surface area contributed by atoms with Crippen LogP contribution in [0.5, 0.6) is 0 Å². The fraction of sp³-hybridized carbons (Fsp3) is 0.462. The Morgan fingerprint density at radius 1 is 0.964 bits per heavy atom. The summed E-state index contributed by atoms with van der Waals surface area (Å²) in [5, 5.41) is 0. The lowest BCUT2D eigenvalue weighted by Gasteiger charge is -2.34. The van der Waals surface area contributed by atoms with Crippen molar-refractivity contribution in [3.63, 3.8) is 0 Å². The highest BCUT2D eigenvalue weighted by molar-refractivity contribution is 5.37. The van der Waals surface area contributed by atoms with Gasteiger partial charge < -0.3 is 0 Å². The summed E-state index contributed by atoms with van der Waals surface area (Å²) in [5.41, 5.74) is 3.89. The number of halogens is 1. The van der Waals surface area contributed by atoms with Crippen molar-refractivity contribution < 1.29 is 4.39 Å². The smallest absolute Gasteiger partial charge is 0.123 e. The molecule has 0 aromatic heterocycles. The highest BCUT2D eigenvalue weighted by atomic mass is 19.1. The quantitative estimate of drug-likeness (QED) is 0.366. The molecule has 0 unspecified atom stereocenters. The largest absolute Gasteiger partial charge is 0.281 e. The molecular weight excluding hydrogens is 345 g/mol. The Morgan fingerprint density at radius 3 is 2.54 bits per heavy atom. The zero-order chi connectivity index (χ0) is 19.6. The molecule has 0 N–H and O–H groups in total. The van der Waals surface area contributed by atoms with E-state index in [0.29, 0.717) is 0 Å². The van der Waals surface area contributed by atoms with Gasteiger partial charge in [-0.05, 0) is 41.7 Å². The van der Waals surface area contributed by atoms with E-state index in [4.69, 9.17) is 0 Å². The van der Waals surface area contributed by atoms with E-state index in [1.165, 1.54) is 49.7 Å². The maximum absolute atomic E-state index is 13.2. The Kier molecular flexibility index (Phi) is 8.12. The second-order valence-corrected chi connectivity index (χ2v) is 7.79. The minimum Gasteiger partial charge on any atom is -0.281 e. The monoisotopic (exact) mass is 377 g/mol. The molecule has 1 heterocycles. The van der Waals surface area contributed by atoms with Crippen molar-refractivity contribution in [2.45, 2.75) is 70.9 Å². The fourth-order valence-corrected chi connectivity index (χ4v) is 3.94. The molecule has 0 bridgehead atoms. The summed E-state index contributed by atoms with van der Waals surface area (Å²) in [5.74, 6) is 6.85. The Labute approximate surface area is 170 Å². The third kappa shape index (κ3) is 5.94. The average Bonchev–Trinajstić information content (AvgIpc) is 2.72. The molecule has 0 spiro atoms. The Balaban J connectivity index is 1.65. The predicted octanol–water partition coefficient (Wildman–Crippen LogP) is 6.68. The van der Waals surface area contributed by atoms with Crippen molar-refractivity contribution in [1.82, 2.24) is 4.90 Å². The van der Waals surface area contributed by atoms with Crippen molar-refractivity contribution in [3.05, 3.63) is 71.0 Å². The van der Waals surface area contributed by atoms with Crippen molar-refractivity contribution in [3.8, 4) is 11.8 Å². The van der Waals surface area contributed by atoms with Gasteiger partial charge in [0.15, 0.2) is 0 Å². The lowest BCUT2D eigenvalue weighted by Crippen LogP contribution is -2.34. The van der Waals surface area contributed by atoms with Gasteiger partial charge in [-0.3, -0.25) is 4.90 Å². The second kappa shape index (κ2) is 11.0. The van der Waals surface area contributed by atoms with Crippen LogP contribution in [0.15, 0.2) is 48.5 Å². The molecule has 0 fully saturated rings. The molecule has 0 saturated heterocycles. The molecule has 1 aliphatic heterocycles. The zero-order valence-corrected chi connectivity index (χ0v) is 17.1. The van der Waals surface area contributed by atoms with Crippen LogP contribution < -0.4 is 0 Å². The maximum Gasteiger partial charge on any atom is 0.123 e. The minimum atomic E-state index is -0.178. The summed E-state index contributed by atoms with van der Waals surface area (Å²) in [7, 11) is 0. The molecule has 0 radical (unpaired) electrons. The second-order valence-electron chi connectivity index (χ2n) is 7.79. The number of fused-ring (bicyclic) bond motifs is 1. The fourth-order valence-electron chi connectivity index (χ4n) is 3.94. The SMILES string of the molecule is CCCCCCCCC#C[C@@H]1c2ccccc2CCN1Cc1ccc(F)cc1. The summed E-state index contributed by atoms with van der Waals surface area (Å²) in [6.45, 7) is 4.06. The summed E-state index contributed by atoms with van der Waals surface area (Å²) in [6, 6.07) is 15.7. The number of hydrogen-bond donors (Lipinski definition) is 0. The van der Waals surface area contributed by atoms with Crippen molar-refractivity contribution in [2.24, 2.45) is 0 Å².